The minimum absolute atomic E-state index is 0.00484. The fourth-order valence-electron chi connectivity index (χ4n) is 2.32. The number of carbonyl (C=O) groups excluding carboxylic acids is 3. The Labute approximate surface area is 175 Å². The van der Waals surface area contributed by atoms with Gasteiger partial charge in [-0.3, -0.25) is 14.4 Å². The van der Waals surface area contributed by atoms with Gasteiger partial charge in [-0.2, -0.15) is 12.6 Å². The number of carboxylic acid groups (broad SMARTS) is 1. The van der Waals surface area contributed by atoms with E-state index < -0.39 is 66.0 Å². The Morgan fingerprint density at radius 1 is 0.862 bits per heavy atom. The number of nitrogens with one attached hydrogen (secondary N) is 3. The molecule has 0 aromatic carbocycles. The zero-order valence-corrected chi connectivity index (χ0v) is 17.8. The van der Waals surface area contributed by atoms with Gasteiger partial charge in [0.2, 0.25) is 17.7 Å². The standard InChI is InChI=1S/C17H32N4O7S/c1-5-7(2)11(17(27)28)19-15(25)13(9(4)23)21-16(26)12(8(3)22)20-14(24)10(18)6-29/h7-13,22-23,29H,5-6,18H2,1-4H3,(H,19,25)(H,20,24)(H,21,26)(H,27,28). The summed E-state index contributed by atoms with van der Waals surface area (Å²) in [7, 11) is 0. The Morgan fingerprint density at radius 3 is 1.55 bits per heavy atom. The molecular weight excluding hydrogens is 404 g/mol. The van der Waals surface area contributed by atoms with E-state index in [4.69, 9.17) is 5.73 Å². The number of hydrogen-bond donors (Lipinski definition) is 8. The number of carboxylic acids is 1. The fourth-order valence-corrected chi connectivity index (χ4v) is 2.49. The maximum Gasteiger partial charge on any atom is 0.326 e. The number of aliphatic hydroxyl groups excluding tert-OH is 2. The van der Waals surface area contributed by atoms with Crippen molar-refractivity contribution in [1.82, 2.24) is 16.0 Å². The van der Waals surface area contributed by atoms with Gasteiger partial charge in [0.15, 0.2) is 0 Å². The molecule has 0 aliphatic rings. The average Bonchev–Trinajstić information content (AvgIpc) is 2.65. The van der Waals surface area contributed by atoms with Gasteiger partial charge in [-0.1, -0.05) is 20.3 Å². The topological polar surface area (TPSA) is 191 Å². The largest absolute Gasteiger partial charge is 0.480 e. The highest BCUT2D eigenvalue weighted by atomic mass is 32.1. The van der Waals surface area contributed by atoms with E-state index in [9.17, 15) is 34.5 Å². The molecule has 3 amide bonds. The summed E-state index contributed by atoms with van der Waals surface area (Å²) in [6.07, 6.45) is -2.24. The predicted octanol–water partition coefficient (Wildman–Crippen LogP) is -2.41. The van der Waals surface area contributed by atoms with E-state index in [1.165, 1.54) is 13.8 Å². The second-order valence-corrected chi connectivity index (χ2v) is 7.32. The first-order valence-electron chi connectivity index (χ1n) is 9.23. The Bertz CT molecular complexity index is 588. The van der Waals surface area contributed by atoms with Crippen molar-refractivity contribution in [2.45, 2.75) is 70.5 Å². The van der Waals surface area contributed by atoms with Gasteiger partial charge in [-0.25, -0.2) is 4.79 Å². The Kier molecular flexibility index (Phi) is 11.8. The highest BCUT2D eigenvalue weighted by molar-refractivity contribution is 7.80. The molecule has 29 heavy (non-hydrogen) atoms. The zero-order chi connectivity index (χ0) is 22.9. The summed E-state index contributed by atoms with van der Waals surface area (Å²) in [6, 6.07) is -5.20. The van der Waals surface area contributed by atoms with Crippen LogP contribution in [0.15, 0.2) is 0 Å². The molecular formula is C17H32N4O7S. The summed E-state index contributed by atoms with van der Waals surface area (Å²) in [6.45, 7) is 5.87. The SMILES string of the molecule is CCC(C)C(NC(=O)C(NC(=O)C(NC(=O)C(N)CS)C(C)O)C(C)O)C(=O)O. The highest BCUT2D eigenvalue weighted by Crippen LogP contribution is 2.09. The smallest absolute Gasteiger partial charge is 0.326 e. The summed E-state index contributed by atoms with van der Waals surface area (Å²) in [5, 5.41) is 35.8. The molecule has 0 aromatic rings. The van der Waals surface area contributed by atoms with Crippen molar-refractivity contribution >= 4 is 36.3 Å². The van der Waals surface area contributed by atoms with Crippen LogP contribution in [-0.4, -0.2) is 81.1 Å². The maximum atomic E-state index is 12.5. The van der Waals surface area contributed by atoms with Crippen molar-refractivity contribution < 1.29 is 34.5 Å². The van der Waals surface area contributed by atoms with Crippen LogP contribution in [0, 0.1) is 5.92 Å². The minimum Gasteiger partial charge on any atom is -0.480 e. The van der Waals surface area contributed by atoms with Gasteiger partial charge in [0.1, 0.15) is 18.1 Å². The Balaban J connectivity index is 5.37. The van der Waals surface area contributed by atoms with Crippen molar-refractivity contribution in [3.63, 3.8) is 0 Å². The number of thiol groups is 1. The molecule has 0 bridgehead atoms. The van der Waals surface area contributed by atoms with Gasteiger partial charge in [0.05, 0.1) is 18.2 Å². The first kappa shape index (κ1) is 27.1. The average molecular weight is 437 g/mol. The molecule has 0 heterocycles. The van der Waals surface area contributed by atoms with Crippen LogP contribution in [-0.2, 0) is 19.2 Å². The van der Waals surface area contributed by atoms with Gasteiger partial charge >= 0.3 is 5.97 Å². The van der Waals surface area contributed by atoms with E-state index in [1.54, 1.807) is 13.8 Å². The first-order valence-corrected chi connectivity index (χ1v) is 9.86. The third-order valence-electron chi connectivity index (χ3n) is 4.44. The van der Waals surface area contributed by atoms with Gasteiger partial charge in [-0.05, 0) is 19.8 Å². The van der Waals surface area contributed by atoms with Crippen LogP contribution in [0.3, 0.4) is 0 Å². The molecule has 0 aromatic heterocycles. The minimum atomic E-state index is -1.51. The molecule has 12 heteroatoms. The van der Waals surface area contributed by atoms with Crippen LogP contribution in [0.5, 0.6) is 0 Å². The van der Waals surface area contributed by atoms with Crippen molar-refractivity contribution in [3.05, 3.63) is 0 Å². The van der Waals surface area contributed by atoms with Crippen LogP contribution in [0.2, 0.25) is 0 Å². The molecule has 0 aliphatic heterocycles. The lowest BCUT2D eigenvalue weighted by Gasteiger charge is -2.28. The summed E-state index contributed by atoms with van der Waals surface area (Å²) in [5.41, 5.74) is 5.53. The fraction of sp³-hybridized carbons (Fsp3) is 0.765. The lowest BCUT2D eigenvalue weighted by molar-refractivity contribution is -0.144. The molecule has 0 saturated heterocycles. The number of hydrogen-bond acceptors (Lipinski definition) is 8. The molecule has 168 valence electrons. The van der Waals surface area contributed by atoms with E-state index in [2.05, 4.69) is 28.6 Å². The third kappa shape index (κ3) is 8.56. The molecule has 7 atom stereocenters. The lowest BCUT2D eigenvalue weighted by atomic mass is 9.98. The summed E-state index contributed by atoms with van der Waals surface area (Å²) < 4.78 is 0. The maximum absolute atomic E-state index is 12.5. The van der Waals surface area contributed by atoms with Crippen LogP contribution >= 0.6 is 12.6 Å². The van der Waals surface area contributed by atoms with E-state index >= 15 is 0 Å². The molecule has 7 unspecified atom stereocenters. The number of aliphatic hydroxyl groups is 2. The number of aliphatic carboxylic acids is 1. The molecule has 0 aliphatic carbocycles. The third-order valence-corrected chi connectivity index (χ3v) is 4.83. The van der Waals surface area contributed by atoms with Crippen LogP contribution in [0.25, 0.3) is 0 Å². The summed E-state index contributed by atoms with van der Waals surface area (Å²) in [4.78, 5) is 48.3. The van der Waals surface area contributed by atoms with Gasteiger partial charge in [-0.15, -0.1) is 0 Å². The lowest BCUT2D eigenvalue weighted by Crippen LogP contribution is -2.62. The molecule has 0 rings (SSSR count). The second kappa shape index (κ2) is 12.6. The van der Waals surface area contributed by atoms with E-state index in [0.717, 1.165) is 0 Å². The van der Waals surface area contributed by atoms with E-state index in [1.807, 2.05) is 0 Å². The number of nitrogens with two attached hydrogens (primary N) is 1. The molecule has 0 spiro atoms. The monoisotopic (exact) mass is 436 g/mol. The van der Waals surface area contributed by atoms with Crippen molar-refractivity contribution in [2.24, 2.45) is 11.7 Å². The Morgan fingerprint density at radius 2 is 1.24 bits per heavy atom. The first-order chi connectivity index (χ1) is 13.4. The van der Waals surface area contributed by atoms with Crippen LogP contribution in [0.1, 0.15) is 34.1 Å². The van der Waals surface area contributed by atoms with Gasteiger partial charge in [0.25, 0.3) is 0 Å². The molecule has 0 saturated carbocycles. The van der Waals surface area contributed by atoms with Gasteiger partial charge in [0, 0.05) is 5.75 Å². The van der Waals surface area contributed by atoms with Gasteiger partial charge < -0.3 is 37.0 Å². The Hall–Kier alpha value is -1.89. The normalized spacial score (nSPS) is 18.3. The zero-order valence-electron chi connectivity index (χ0n) is 17.0. The highest BCUT2D eigenvalue weighted by Gasteiger charge is 2.35. The molecule has 8 N–H and O–H groups in total. The molecule has 0 radical (unpaired) electrons. The van der Waals surface area contributed by atoms with Crippen LogP contribution in [0.4, 0.5) is 0 Å². The summed E-state index contributed by atoms with van der Waals surface area (Å²) in [5.74, 6) is -4.24. The molecule has 11 nitrogen and oxygen atoms in total. The van der Waals surface area contributed by atoms with Crippen molar-refractivity contribution in [2.75, 3.05) is 5.75 Å². The number of amides is 3. The van der Waals surface area contributed by atoms with Crippen molar-refractivity contribution in [1.29, 1.82) is 0 Å². The van der Waals surface area contributed by atoms with Crippen LogP contribution < -0.4 is 21.7 Å². The summed E-state index contributed by atoms with van der Waals surface area (Å²) >= 11 is 3.88. The van der Waals surface area contributed by atoms with E-state index in [0.29, 0.717) is 6.42 Å². The second-order valence-electron chi connectivity index (χ2n) is 6.95. The quantitative estimate of drug-likeness (QED) is 0.155. The molecule has 0 fully saturated rings. The van der Waals surface area contributed by atoms with E-state index in [-0.39, 0.29) is 5.75 Å². The number of carbonyl (C=O) groups is 4. The number of rotatable bonds is 12. The van der Waals surface area contributed by atoms with Crippen molar-refractivity contribution in [3.8, 4) is 0 Å². The predicted molar refractivity (Wildman–Crippen MR) is 108 cm³/mol.